The molecule has 10 heteroatoms. The first kappa shape index (κ1) is 30.9. The van der Waals surface area contributed by atoms with Crippen molar-refractivity contribution in [2.24, 2.45) is 0 Å². The molecular formula is C33H44O10. The van der Waals surface area contributed by atoms with Crippen LogP contribution in [0.5, 0.6) is 5.75 Å². The molecule has 0 aliphatic carbocycles. The number of hydrogen-bond acceptors (Lipinski definition) is 10. The Morgan fingerprint density at radius 3 is 1.72 bits per heavy atom. The van der Waals surface area contributed by atoms with Gasteiger partial charge in [0, 0.05) is 0 Å². The van der Waals surface area contributed by atoms with Crippen molar-refractivity contribution in [1.82, 2.24) is 0 Å². The second-order valence-corrected chi connectivity index (χ2v) is 12.6. The third-order valence-corrected chi connectivity index (χ3v) is 8.28. The van der Waals surface area contributed by atoms with Crippen molar-refractivity contribution in [3.63, 3.8) is 0 Å². The minimum Gasteiger partial charge on any atom is -0.497 e. The van der Waals surface area contributed by atoms with Gasteiger partial charge in [-0.2, -0.15) is 0 Å². The van der Waals surface area contributed by atoms with E-state index >= 15 is 0 Å². The van der Waals surface area contributed by atoms with Gasteiger partial charge in [0.15, 0.2) is 24.2 Å². The number of methoxy groups -OCH3 is 1. The van der Waals surface area contributed by atoms with E-state index in [1.807, 2.05) is 96.1 Å². The predicted molar refractivity (Wildman–Crippen MR) is 154 cm³/mol. The summed E-state index contributed by atoms with van der Waals surface area (Å²) in [5, 5.41) is 0. The molecule has 4 saturated heterocycles. The van der Waals surface area contributed by atoms with Crippen LogP contribution in [0.15, 0.2) is 54.6 Å². The van der Waals surface area contributed by atoms with Gasteiger partial charge in [-0.1, -0.05) is 42.5 Å². The van der Waals surface area contributed by atoms with Crippen LogP contribution in [0.3, 0.4) is 0 Å². The maximum atomic E-state index is 6.82. The first-order chi connectivity index (χ1) is 20.5. The molecule has 2 aromatic carbocycles. The monoisotopic (exact) mass is 600 g/mol. The highest BCUT2D eigenvalue weighted by atomic mass is 16.8. The van der Waals surface area contributed by atoms with E-state index in [9.17, 15) is 0 Å². The summed E-state index contributed by atoms with van der Waals surface area (Å²) in [5.41, 5.74) is 1.99. The van der Waals surface area contributed by atoms with Gasteiger partial charge < -0.3 is 47.4 Å². The Bertz CT molecular complexity index is 1200. The molecule has 0 bridgehead atoms. The molecule has 10 nitrogen and oxygen atoms in total. The molecule has 43 heavy (non-hydrogen) atoms. The Kier molecular flexibility index (Phi) is 8.87. The molecule has 0 N–H and O–H groups in total. The molecule has 0 aromatic heterocycles. The van der Waals surface area contributed by atoms with Crippen LogP contribution >= 0.6 is 0 Å². The Morgan fingerprint density at radius 2 is 1.12 bits per heavy atom. The third-order valence-electron chi connectivity index (χ3n) is 8.28. The average molecular weight is 601 g/mol. The summed E-state index contributed by atoms with van der Waals surface area (Å²) in [5.74, 6) is -0.838. The summed E-state index contributed by atoms with van der Waals surface area (Å²) in [4.78, 5) is 0. The standard InChI is InChI=1S/C33H44O10/c1-19-25-27(43-33(5,6)41-25)29(30(37-19)36-18-21-11-9-8-10-12-21)39-31-28(35-17-22-13-15-23(34-7)16-14-22)26-24(20(2)38-31)40-32(3,4)42-26/h8-16,19-20,24-31H,17-18H2,1-7H3/t19-,20-,24+,25+,26+,27+,28-,29-,30+,31+/m0/s1. The van der Waals surface area contributed by atoms with E-state index in [0.717, 1.165) is 16.9 Å². The molecule has 4 heterocycles. The first-order valence-corrected chi connectivity index (χ1v) is 15.1. The number of fused-ring (bicyclic) bond motifs is 2. The third kappa shape index (κ3) is 6.78. The topological polar surface area (TPSA) is 92.3 Å². The second kappa shape index (κ2) is 12.3. The maximum Gasteiger partial charge on any atom is 0.187 e. The lowest BCUT2D eigenvalue weighted by Gasteiger charge is -2.46. The van der Waals surface area contributed by atoms with Gasteiger partial charge in [-0.05, 0) is 64.8 Å². The van der Waals surface area contributed by atoms with Crippen LogP contribution in [-0.2, 0) is 55.8 Å². The van der Waals surface area contributed by atoms with E-state index in [1.54, 1.807) is 7.11 Å². The zero-order valence-electron chi connectivity index (χ0n) is 26.0. The number of ether oxygens (including phenoxy) is 10. The summed E-state index contributed by atoms with van der Waals surface area (Å²) >= 11 is 0. The van der Waals surface area contributed by atoms with Crippen molar-refractivity contribution in [3.05, 3.63) is 65.7 Å². The van der Waals surface area contributed by atoms with Gasteiger partial charge in [0.2, 0.25) is 0 Å². The molecule has 2 aromatic rings. The lowest BCUT2D eigenvalue weighted by Crippen LogP contribution is -2.62. The van der Waals surface area contributed by atoms with E-state index < -0.39 is 48.6 Å². The van der Waals surface area contributed by atoms with Crippen LogP contribution in [0.25, 0.3) is 0 Å². The predicted octanol–water partition coefficient (Wildman–Crippen LogP) is 4.71. The van der Waals surface area contributed by atoms with Gasteiger partial charge in [-0.3, -0.25) is 0 Å². The van der Waals surface area contributed by atoms with Gasteiger partial charge in [0.05, 0.1) is 32.5 Å². The molecule has 236 valence electrons. The maximum absolute atomic E-state index is 6.82. The number of benzene rings is 2. The van der Waals surface area contributed by atoms with Gasteiger partial charge in [-0.15, -0.1) is 0 Å². The molecule has 4 aliphatic heterocycles. The van der Waals surface area contributed by atoms with Crippen LogP contribution in [-0.4, -0.2) is 80.1 Å². The molecule has 0 unspecified atom stereocenters. The highest BCUT2D eigenvalue weighted by molar-refractivity contribution is 5.26. The van der Waals surface area contributed by atoms with Crippen molar-refractivity contribution < 1.29 is 47.4 Å². The van der Waals surface area contributed by atoms with Gasteiger partial charge >= 0.3 is 0 Å². The lowest BCUT2D eigenvalue weighted by atomic mass is 9.97. The second-order valence-electron chi connectivity index (χ2n) is 12.6. The molecule has 0 amide bonds. The summed E-state index contributed by atoms with van der Waals surface area (Å²) in [6, 6.07) is 17.7. The summed E-state index contributed by atoms with van der Waals surface area (Å²) < 4.78 is 63.2. The first-order valence-electron chi connectivity index (χ1n) is 15.1. The number of hydrogen-bond donors (Lipinski definition) is 0. The molecule has 0 spiro atoms. The van der Waals surface area contributed by atoms with Crippen molar-refractivity contribution >= 4 is 0 Å². The van der Waals surface area contributed by atoms with Gasteiger partial charge in [-0.25, -0.2) is 0 Å². The van der Waals surface area contributed by atoms with E-state index in [4.69, 9.17) is 47.4 Å². The Morgan fingerprint density at radius 1 is 0.605 bits per heavy atom. The molecule has 6 rings (SSSR count). The molecule has 0 radical (unpaired) electrons. The Balaban J connectivity index is 1.26. The SMILES string of the molecule is COc1ccc(CO[C@@H]2[C@@H](O[C@@H]3[C@H](OCc4ccccc4)O[C@@H](C)[C@H]4OC(C)(C)O[C@@H]34)O[C@@H](C)[C@H]3OC(C)(C)O[C@@H]23)cc1. The lowest BCUT2D eigenvalue weighted by molar-refractivity contribution is -0.353. The van der Waals surface area contributed by atoms with Crippen LogP contribution < -0.4 is 4.74 Å². The van der Waals surface area contributed by atoms with Crippen LogP contribution in [0, 0.1) is 0 Å². The number of rotatable bonds is 9. The zero-order chi connectivity index (χ0) is 30.4. The quantitative estimate of drug-likeness (QED) is 0.403. The molecule has 10 atom stereocenters. The highest BCUT2D eigenvalue weighted by Crippen LogP contribution is 2.43. The smallest absolute Gasteiger partial charge is 0.187 e. The average Bonchev–Trinajstić information content (AvgIpc) is 3.49. The van der Waals surface area contributed by atoms with Crippen molar-refractivity contribution in [3.8, 4) is 5.75 Å². The normalized spacial score (nSPS) is 37.9. The minimum atomic E-state index is -0.829. The van der Waals surface area contributed by atoms with E-state index in [0.29, 0.717) is 13.2 Å². The zero-order valence-corrected chi connectivity index (χ0v) is 26.0. The fourth-order valence-corrected chi connectivity index (χ4v) is 6.29. The summed E-state index contributed by atoms with van der Waals surface area (Å²) in [6.07, 6.45) is -5.05. The van der Waals surface area contributed by atoms with Crippen molar-refractivity contribution in [2.75, 3.05) is 7.11 Å². The molecule has 4 fully saturated rings. The highest BCUT2D eigenvalue weighted by Gasteiger charge is 2.59. The Labute approximate surface area is 253 Å². The van der Waals surface area contributed by atoms with Crippen molar-refractivity contribution in [2.45, 2.75) is 128 Å². The largest absolute Gasteiger partial charge is 0.497 e. The fraction of sp³-hybridized carbons (Fsp3) is 0.636. The van der Waals surface area contributed by atoms with E-state index in [-0.39, 0.29) is 24.4 Å². The van der Waals surface area contributed by atoms with Gasteiger partial charge in [0.25, 0.3) is 0 Å². The fourth-order valence-electron chi connectivity index (χ4n) is 6.29. The van der Waals surface area contributed by atoms with Crippen LogP contribution in [0.1, 0.15) is 52.7 Å². The van der Waals surface area contributed by atoms with E-state index in [2.05, 4.69) is 0 Å². The summed E-state index contributed by atoms with van der Waals surface area (Å²) in [6.45, 7) is 12.2. The van der Waals surface area contributed by atoms with E-state index in [1.165, 1.54) is 0 Å². The van der Waals surface area contributed by atoms with Crippen LogP contribution in [0.2, 0.25) is 0 Å². The Hall–Kier alpha value is -2.12. The van der Waals surface area contributed by atoms with Gasteiger partial charge in [0.1, 0.15) is 42.4 Å². The molecule has 4 aliphatic rings. The van der Waals surface area contributed by atoms with Crippen LogP contribution in [0.4, 0.5) is 0 Å². The van der Waals surface area contributed by atoms with Crippen molar-refractivity contribution in [1.29, 1.82) is 0 Å². The molecule has 0 saturated carbocycles. The minimum absolute atomic E-state index is 0.280. The summed E-state index contributed by atoms with van der Waals surface area (Å²) in [7, 11) is 1.64. The molecular weight excluding hydrogens is 556 g/mol.